The van der Waals surface area contributed by atoms with E-state index in [9.17, 15) is 4.79 Å². The number of nitrogens with two attached hydrogens (primary N) is 1. The van der Waals surface area contributed by atoms with Crippen molar-refractivity contribution in [2.45, 2.75) is 20.8 Å². The molecule has 0 unspecified atom stereocenters. The molecule has 2 heteroatoms. The highest BCUT2D eigenvalue weighted by Crippen LogP contribution is 1.94. The molecule has 1 amide bonds. The molecule has 0 aliphatic carbocycles. The van der Waals surface area contributed by atoms with Gasteiger partial charge in [-0.2, -0.15) is 0 Å². The van der Waals surface area contributed by atoms with E-state index < -0.39 is 5.91 Å². The molecule has 68 valence electrons. The summed E-state index contributed by atoms with van der Waals surface area (Å²) in [5.41, 5.74) is 5.47. The van der Waals surface area contributed by atoms with Gasteiger partial charge in [0.1, 0.15) is 0 Å². The molecule has 0 atom stereocenters. The standard InChI is InChI=1S/C8H11NO.C2H6/c1-3-5-7(6-4-2)8(9)10;1-2/h3-6H,1H2,2H3,(H2,9,10);1-2H3/b6-4-,7-5+;. The molecule has 0 aromatic rings. The van der Waals surface area contributed by atoms with Gasteiger partial charge in [0, 0.05) is 5.57 Å². The van der Waals surface area contributed by atoms with Gasteiger partial charge in [-0.1, -0.05) is 44.7 Å². The molecule has 0 aliphatic heterocycles. The van der Waals surface area contributed by atoms with Crippen LogP contribution in [-0.2, 0) is 4.79 Å². The van der Waals surface area contributed by atoms with Gasteiger partial charge in [-0.25, -0.2) is 0 Å². The van der Waals surface area contributed by atoms with Crippen LogP contribution in [0.1, 0.15) is 20.8 Å². The maximum Gasteiger partial charge on any atom is 0.248 e. The van der Waals surface area contributed by atoms with Gasteiger partial charge in [-0.05, 0) is 6.92 Å². The Kier molecular flexibility index (Phi) is 10.7. The third-order valence-electron chi connectivity index (χ3n) is 0.928. The van der Waals surface area contributed by atoms with Gasteiger partial charge < -0.3 is 5.73 Å². The summed E-state index contributed by atoms with van der Waals surface area (Å²) in [5, 5.41) is 0. The van der Waals surface area contributed by atoms with E-state index in [1.807, 2.05) is 20.8 Å². The number of primary amides is 1. The highest BCUT2D eigenvalue weighted by molar-refractivity contribution is 5.95. The summed E-state index contributed by atoms with van der Waals surface area (Å²) in [5.74, 6) is -0.432. The summed E-state index contributed by atoms with van der Waals surface area (Å²) in [6.07, 6.45) is 6.49. The van der Waals surface area contributed by atoms with E-state index in [0.29, 0.717) is 5.57 Å². The van der Waals surface area contributed by atoms with Crippen molar-refractivity contribution in [1.82, 2.24) is 0 Å². The van der Waals surface area contributed by atoms with E-state index in [1.165, 1.54) is 6.08 Å². The van der Waals surface area contributed by atoms with Crippen LogP contribution in [-0.4, -0.2) is 5.91 Å². The second-order valence-corrected chi connectivity index (χ2v) is 1.72. The topological polar surface area (TPSA) is 43.1 Å². The quantitative estimate of drug-likeness (QED) is 0.508. The second kappa shape index (κ2) is 9.69. The molecule has 2 nitrogen and oxygen atoms in total. The van der Waals surface area contributed by atoms with Crippen molar-refractivity contribution >= 4 is 5.91 Å². The van der Waals surface area contributed by atoms with Crippen molar-refractivity contribution in [3.8, 4) is 0 Å². The number of amides is 1. The average Bonchev–Trinajstić information content (AvgIpc) is 2.08. The SMILES string of the molecule is C=C/C=C(\C=C/C)C(N)=O.CC. The molecular formula is C10H17NO. The van der Waals surface area contributed by atoms with Crippen LogP contribution in [0, 0.1) is 0 Å². The van der Waals surface area contributed by atoms with Crippen molar-refractivity contribution in [2.24, 2.45) is 5.73 Å². The van der Waals surface area contributed by atoms with Gasteiger partial charge in [-0.3, -0.25) is 4.79 Å². The minimum Gasteiger partial charge on any atom is -0.366 e. The van der Waals surface area contributed by atoms with Crippen LogP contribution in [0.4, 0.5) is 0 Å². The fourth-order valence-corrected chi connectivity index (χ4v) is 0.526. The summed E-state index contributed by atoms with van der Waals surface area (Å²) >= 11 is 0. The molecule has 0 aromatic heterocycles. The fourth-order valence-electron chi connectivity index (χ4n) is 0.526. The predicted molar refractivity (Wildman–Crippen MR) is 53.6 cm³/mol. The third kappa shape index (κ3) is 6.81. The Bertz CT molecular complexity index is 190. The zero-order valence-corrected chi connectivity index (χ0v) is 8.00. The van der Waals surface area contributed by atoms with Gasteiger partial charge in [0.05, 0.1) is 0 Å². The number of hydrogen-bond acceptors (Lipinski definition) is 1. The van der Waals surface area contributed by atoms with E-state index >= 15 is 0 Å². The van der Waals surface area contributed by atoms with Gasteiger partial charge in [-0.15, -0.1) is 0 Å². The summed E-state index contributed by atoms with van der Waals surface area (Å²) in [6, 6.07) is 0. The molecule has 0 radical (unpaired) electrons. The van der Waals surface area contributed by atoms with E-state index in [2.05, 4.69) is 6.58 Å². The molecule has 0 heterocycles. The zero-order valence-electron chi connectivity index (χ0n) is 8.00. The Morgan fingerprint density at radius 2 is 1.92 bits per heavy atom. The van der Waals surface area contributed by atoms with E-state index in [-0.39, 0.29) is 0 Å². The van der Waals surface area contributed by atoms with Crippen LogP contribution in [0.3, 0.4) is 0 Å². The minimum absolute atomic E-state index is 0.432. The maximum absolute atomic E-state index is 10.5. The molecule has 0 bridgehead atoms. The summed E-state index contributed by atoms with van der Waals surface area (Å²) in [4.78, 5) is 10.5. The molecule has 0 fully saturated rings. The molecule has 2 N–H and O–H groups in total. The number of rotatable bonds is 3. The third-order valence-corrected chi connectivity index (χ3v) is 0.928. The first-order valence-corrected chi connectivity index (χ1v) is 3.97. The molecular weight excluding hydrogens is 150 g/mol. The van der Waals surface area contributed by atoms with Crippen molar-refractivity contribution in [2.75, 3.05) is 0 Å². The van der Waals surface area contributed by atoms with Gasteiger partial charge in [0.25, 0.3) is 0 Å². The average molecular weight is 167 g/mol. The van der Waals surface area contributed by atoms with Crippen LogP contribution in [0.15, 0.2) is 36.5 Å². The van der Waals surface area contributed by atoms with Crippen LogP contribution in [0.25, 0.3) is 0 Å². The summed E-state index contributed by atoms with van der Waals surface area (Å²) in [7, 11) is 0. The van der Waals surface area contributed by atoms with Gasteiger partial charge in [0.15, 0.2) is 0 Å². The first kappa shape index (κ1) is 13.3. The largest absolute Gasteiger partial charge is 0.366 e. The van der Waals surface area contributed by atoms with E-state index in [1.54, 1.807) is 18.2 Å². The molecule has 0 saturated carbocycles. The van der Waals surface area contributed by atoms with E-state index in [0.717, 1.165) is 0 Å². The smallest absolute Gasteiger partial charge is 0.248 e. The second-order valence-electron chi connectivity index (χ2n) is 1.72. The van der Waals surface area contributed by atoms with Crippen molar-refractivity contribution in [1.29, 1.82) is 0 Å². The Morgan fingerprint density at radius 3 is 2.17 bits per heavy atom. The maximum atomic E-state index is 10.5. The van der Waals surface area contributed by atoms with Crippen LogP contribution < -0.4 is 5.73 Å². The van der Waals surface area contributed by atoms with Gasteiger partial charge in [0.2, 0.25) is 5.91 Å². The monoisotopic (exact) mass is 167 g/mol. The lowest BCUT2D eigenvalue weighted by Gasteiger charge is -1.90. The number of carbonyl (C=O) groups is 1. The number of carbonyl (C=O) groups excluding carboxylic acids is 1. The lowest BCUT2D eigenvalue weighted by Crippen LogP contribution is -2.11. The van der Waals surface area contributed by atoms with Crippen molar-refractivity contribution in [3.05, 3.63) is 36.5 Å². The molecule has 12 heavy (non-hydrogen) atoms. The predicted octanol–water partition coefficient (Wildman–Crippen LogP) is 2.19. The Hall–Kier alpha value is -1.31. The summed E-state index contributed by atoms with van der Waals surface area (Å²) < 4.78 is 0. The first-order chi connectivity index (χ1) is 5.72. The minimum atomic E-state index is -0.432. The molecule has 0 spiro atoms. The molecule has 0 aromatic carbocycles. The highest BCUT2D eigenvalue weighted by Gasteiger charge is 1.95. The Labute approximate surface area is 74.5 Å². The molecule has 0 aliphatic rings. The van der Waals surface area contributed by atoms with Crippen LogP contribution >= 0.6 is 0 Å². The van der Waals surface area contributed by atoms with Crippen molar-refractivity contribution < 1.29 is 4.79 Å². The van der Waals surface area contributed by atoms with Gasteiger partial charge >= 0.3 is 0 Å². The molecule has 0 rings (SSSR count). The Balaban J connectivity index is 0. The van der Waals surface area contributed by atoms with Crippen molar-refractivity contribution in [3.63, 3.8) is 0 Å². The highest BCUT2D eigenvalue weighted by atomic mass is 16.1. The normalized spacial score (nSPS) is 10.4. The lowest BCUT2D eigenvalue weighted by atomic mass is 10.2. The van der Waals surface area contributed by atoms with Crippen LogP contribution in [0.2, 0.25) is 0 Å². The van der Waals surface area contributed by atoms with Crippen LogP contribution in [0.5, 0.6) is 0 Å². The van der Waals surface area contributed by atoms with E-state index in [4.69, 9.17) is 5.73 Å². The number of hydrogen-bond donors (Lipinski definition) is 1. The Morgan fingerprint density at radius 1 is 1.42 bits per heavy atom. The number of allylic oxidation sites excluding steroid dienone is 3. The fraction of sp³-hybridized carbons (Fsp3) is 0.300. The molecule has 0 saturated heterocycles. The summed E-state index contributed by atoms with van der Waals surface area (Å²) in [6.45, 7) is 9.27. The first-order valence-electron chi connectivity index (χ1n) is 3.97. The zero-order chi connectivity index (χ0) is 9.98. The lowest BCUT2D eigenvalue weighted by molar-refractivity contribution is -0.114.